The predicted octanol–water partition coefficient (Wildman–Crippen LogP) is 7.99. The molecule has 1 heterocycles. The van der Waals surface area contributed by atoms with E-state index in [0.717, 1.165) is 30.1 Å². The summed E-state index contributed by atoms with van der Waals surface area (Å²) in [6, 6.07) is 18.5. The van der Waals surface area contributed by atoms with Crippen LogP contribution in [-0.2, 0) is 4.74 Å². The van der Waals surface area contributed by atoms with Crippen LogP contribution in [0.2, 0.25) is 0 Å². The molecule has 1 aliphatic rings. The van der Waals surface area contributed by atoms with Crippen molar-refractivity contribution in [2.24, 2.45) is 4.99 Å². The predicted molar refractivity (Wildman–Crippen MR) is 147 cm³/mol. The first-order valence-corrected chi connectivity index (χ1v) is 12.4. The third-order valence-electron chi connectivity index (χ3n) is 4.82. The van der Waals surface area contributed by atoms with Gasteiger partial charge in [0.25, 0.3) is 0 Å². The molecule has 0 aromatic heterocycles. The first-order chi connectivity index (χ1) is 16.1. The van der Waals surface area contributed by atoms with E-state index in [1.165, 1.54) is 37.7 Å². The van der Waals surface area contributed by atoms with Gasteiger partial charge < -0.3 is 15.4 Å². The molecule has 0 aliphatic carbocycles. The summed E-state index contributed by atoms with van der Waals surface area (Å²) >= 11 is 0. The van der Waals surface area contributed by atoms with Gasteiger partial charge in [-0.3, -0.25) is 4.99 Å². The molecule has 2 aromatic rings. The van der Waals surface area contributed by atoms with Crippen LogP contribution in [0.1, 0.15) is 83.5 Å². The van der Waals surface area contributed by atoms with E-state index in [0.29, 0.717) is 0 Å². The Bertz CT molecular complexity index is 738. The van der Waals surface area contributed by atoms with Crippen LogP contribution in [0.4, 0.5) is 5.69 Å². The molecule has 1 atom stereocenters. The lowest BCUT2D eigenvalue weighted by Gasteiger charge is -2.30. The van der Waals surface area contributed by atoms with Gasteiger partial charge in [-0.25, -0.2) is 0 Å². The van der Waals surface area contributed by atoms with Gasteiger partial charge in [0.2, 0.25) is 0 Å². The Balaban J connectivity index is 0.000000565. The van der Waals surface area contributed by atoms with Gasteiger partial charge in [0, 0.05) is 32.0 Å². The minimum absolute atomic E-state index is 0.0693. The fourth-order valence-electron chi connectivity index (χ4n) is 2.86. The number of hydrogen-bond donors (Lipinski definition) is 2. The van der Waals surface area contributed by atoms with Crippen LogP contribution in [0, 0.1) is 0 Å². The number of unbranched alkanes of at least 4 members (excludes halogenated alkanes) is 3. The molecule has 2 N–H and O–H groups in total. The van der Waals surface area contributed by atoms with Gasteiger partial charge in [0.1, 0.15) is 12.0 Å². The minimum atomic E-state index is 0.0693. The molecule has 33 heavy (non-hydrogen) atoms. The lowest BCUT2D eigenvalue weighted by molar-refractivity contribution is 0.194. The van der Waals surface area contributed by atoms with Crippen LogP contribution in [0.25, 0.3) is 0 Å². The molecule has 0 saturated carbocycles. The van der Waals surface area contributed by atoms with Gasteiger partial charge in [-0.15, -0.1) is 6.58 Å². The van der Waals surface area contributed by atoms with Crippen molar-refractivity contribution in [3.8, 4) is 0 Å². The summed E-state index contributed by atoms with van der Waals surface area (Å²) in [5.74, 6) is 0.929. The number of nitrogens with zero attached hydrogens (tertiary/aromatic N) is 1. The van der Waals surface area contributed by atoms with Gasteiger partial charge in [0.15, 0.2) is 0 Å². The summed E-state index contributed by atoms with van der Waals surface area (Å²) in [4.78, 5) is 4.33. The van der Waals surface area contributed by atoms with Gasteiger partial charge in [0.05, 0.1) is 0 Å². The second-order valence-electron chi connectivity index (χ2n) is 7.65. The third kappa shape index (κ3) is 13.5. The first-order valence-electron chi connectivity index (χ1n) is 12.4. The number of fused-ring (bicyclic) bond motifs is 1. The van der Waals surface area contributed by atoms with Crippen LogP contribution < -0.4 is 10.6 Å². The highest BCUT2D eigenvalue weighted by Gasteiger charge is 2.21. The van der Waals surface area contributed by atoms with Crippen molar-refractivity contribution in [1.29, 1.82) is 0 Å². The number of methoxy groups -OCH3 is 1. The number of rotatable bonds is 7. The van der Waals surface area contributed by atoms with Crippen molar-refractivity contribution in [2.45, 2.75) is 72.4 Å². The average Bonchev–Trinajstić information content (AvgIpc) is 2.88. The Kier molecular flexibility index (Phi) is 19.6. The van der Waals surface area contributed by atoms with Gasteiger partial charge in [-0.1, -0.05) is 102 Å². The summed E-state index contributed by atoms with van der Waals surface area (Å²) in [5.41, 5.74) is 3.44. The second kappa shape index (κ2) is 21.3. The van der Waals surface area contributed by atoms with Crippen molar-refractivity contribution >= 4 is 11.5 Å². The first kappa shape index (κ1) is 30.4. The molecule has 4 nitrogen and oxygen atoms in total. The minimum Gasteiger partial charge on any atom is -0.385 e. The molecule has 4 heteroatoms. The maximum atomic E-state index is 4.78. The monoisotopic (exact) mass is 453 g/mol. The molecule has 0 radical (unpaired) electrons. The molecule has 0 amide bonds. The van der Waals surface area contributed by atoms with Crippen molar-refractivity contribution in [1.82, 2.24) is 5.32 Å². The quantitative estimate of drug-likeness (QED) is 0.330. The van der Waals surface area contributed by atoms with E-state index in [-0.39, 0.29) is 6.17 Å². The van der Waals surface area contributed by atoms with Crippen LogP contribution in [0.5, 0.6) is 0 Å². The molecular formula is C29H47N3O. The fourth-order valence-corrected chi connectivity index (χ4v) is 2.86. The molecule has 0 fully saturated rings. The average molecular weight is 454 g/mol. The number of para-hydroxylation sites is 1. The number of anilines is 1. The van der Waals surface area contributed by atoms with Crippen molar-refractivity contribution < 1.29 is 4.74 Å². The molecule has 3 rings (SSSR count). The molecule has 0 spiro atoms. The van der Waals surface area contributed by atoms with Gasteiger partial charge >= 0.3 is 0 Å². The fraction of sp³-hybridized carbons (Fsp3) is 0.483. The number of nitrogens with one attached hydrogen (secondary N) is 2. The van der Waals surface area contributed by atoms with E-state index in [9.17, 15) is 0 Å². The van der Waals surface area contributed by atoms with Gasteiger partial charge in [-0.2, -0.15) is 0 Å². The maximum absolute atomic E-state index is 4.78. The summed E-state index contributed by atoms with van der Waals surface area (Å²) in [6.45, 7) is 13.0. The molecular weight excluding hydrogens is 406 g/mol. The Morgan fingerprint density at radius 2 is 1.45 bits per heavy atom. The highest BCUT2D eigenvalue weighted by atomic mass is 16.5. The molecule has 0 bridgehead atoms. The van der Waals surface area contributed by atoms with Crippen LogP contribution in [-0.4, -0.2) is 26.6 Å². The second-order valence-corrected chi connectivity index (χ2v) is 7.65. The van der Waals surface area contributed by atoms with Crippen molar-refractivity contribution in [3.05, 3.63) is 78.4 Å². The summed E-state index contributed by atoms with van der Waals surface area (Å²) in [6.07, 6.45) is 9.52. The number of amidine groups is 1. The van der Waals surface area contributed by atoms with E-state index in [1.807, 2.05) is 43.5 Å². The zero-order chi connectivity index (χ0) is 24.7. The molecule has 2 aromatic carbocycles. The molecule has 0 saturated heterocycles. The Morgan fingerprint density at radius 3 is 1.91 bits per heavy atom. The van der Waals surface area contributed by atoms with Crippen molar-refractivity contribution in [3.63, 3.8) is 0 Å². The lowest BCUT2D eigenvalue weighted by Crippen LogP contribution is -2.38. The normalized spacial score (nSPS) is 14.5. The number of allylic oxidation sites excluding steroid dienone is 1. The third-order valence-corrected chi connectivity index (χ3v) is 4.82. The number of aliphatic imine (C=N–C) groups is 1. The summed E-state index contributed by atoms with van der Waals surface area (Å²) in [7, 11) is 3.54. The molecule has 184 valence electrons. The molecule has 1 unspecified atom stereocenters. The van der Waals surface area contributed by atoms with Crippen molar-refractivity contribution in [2.75, 3.05) is 26.1 Å². The lowest BCUT2D eigenvalue weighted by atomic mass is 10.1. The number of benzene rings is 2. The Labute approximate surface area is 203 Å². The highest BCUT2D eigenvalue weighted by Crippen LogP contribution is 2.26. The van der Waals surface area contributed by atoms with Gasteiger partial charge in [-0.05, 0) is 30.5 Å². The Morgan fingerprint density at radius 1 is 0.879 bits per heavy atom. The number of ether oxygens (including phenoxy) is 1. The zero-order valence-corrected chi connectivity index (χ0v) is 21.9. The van der Waals surface area contributed by atoms with Crippen LogP contribution in [0.3, 0.4) is 0 Å². The maximum Gasteiger partial charge on any atom is 0.131 e. The zero-order valence-electron chi connectivity index (χ0n) is 21.9. The molecule has 1 aliphatic heterocycles. The van der Waals surface area contributed by atoms with E-state index in [1.54, 1.807) is 7.11 Å². The van der Waals surface area contributed by atoms with E-state index in [4.69, 9.17) is 4.74 Å². The smallest absolute Gasteiger partial charge is 0.131 e. The number of hydrogen-bond acceptors (Lipinski definition) is 3. The van der Waals surface area contributed by atoms with E-state index < -0.39 is 0 Å². The van der Waals surface area contributed by atoms with Crippen LogP contribution in [0.15, 0.2) is 72.2 Å². The van der Waals surface area contributed by atoms with Crippen LogP contribution >= 0.6 is 0 Å². The standard InChI is InChI=1S/C15H15N3.C5H12O.C5H12.C4H8/c1-16-15-12-9-5-6-10-13(12)17-14(18-15)11-7-3-2-4-8-11;1-3-4-5-6-2;1-3-5-4-2;1-3-4-2/h2-10,14,17H,1H3,(H,16,18);3-5H2,1-2H3;3-5H2,1-2H3;3H,1,4H2,2H3. The highest BCUT2D eigenvalue weighted by molar-refractivity contribution is 6.05. The topological polar surface area (TPSA) is 45.6 Å². The Hall–Kier alpha value is -2.59. The summed E-state index contributed by atoms with van der Waals surface area (Å²) in [5, 5.41) is 6.90. The van der Waals surface area contributed by atoms with E-state index in [2.05, 4.69) is 74.2 Å². The SMILES string of the molecule is C=CCC.CCCCC.CCCCOC.CN=C1NC(c2ccccc2)Nc2ccccc21. The summed E-state index contributed by atoms with van der Waals surface area (Å²) < 4.78 is 4.78. The van der Waals surface area contributed by atoms with E-state index >= 15 is 0 Å². The largest absolute Gasteiger partial charge is 0.385 e.